The number of benzene rings is 1. The highest BCUT2D eigenvalue weighted by atomic mass is 32.2. The number of amides is 2. The minimum Gasteiger partial charge on any atom is -0.467 e. The molecule has 0 bridgehead atoms. The molecule has 2 rings (SSSR count). The summed E-state index contributed by atoms with van der Waals surface area (Å²) < 4.78 is 15.9. The van der Waals surface area contributed by atoms with E-state index in [1.807, 2.05) is 30.3 Å². The first-order chi connectivity index (χ1) is 15.2. The number of carbonyl (C=O) groups is 3. The van der Waals surface area contributed by atoms with Crippen LogP contribution in [-0.2, 0) is 30.2 Å². The molecule has 1 aliphatic rings. The number of carbonyl (C=O) groups excluding carboxylic acids is 3. The molecule has 178 valence electrons. The number of hydrogen-bond acceptors (Lipinski definition) is 7. The highest BCUT2D eigenvalue weighted by Gasteiger charge is 2.30. The van der Waals surface area contributed by atoms with Crippen molar-refractivity contribution in [3.63, 3.8) is 0 Å². The van der Waals surface area contributed by atoms with E-state index in [0.29, 0.717) is 12.4 Å². The van der Waals surface area contributed by atoms with Crippen LogP contribution in [0, 0.1) is 0 Å². The summed E-state index contributed by atoms with van der Waals surface area (Å²) in [4.78, 5) is 37.8. The van der Waals surface area contributed by atoms with Crippen molar-refractivity contribution in [2.24, 2.45) is 0 Å². The van der Waals surface area contributed by atoms with Crippen LogP contribution in [0.4, 0.5) is 4.79 Å². The van der Waals surface area contributed by atoms with Gasteiger partial charge in [0.05, 0.1) is 7.11 Å². The number of nitrogens with one attached hydrogen (secondary N) is 2. The molecule has 0 unspecified atom stereocenters. The summed E-state index contributed by atoms with van der Waals surface area (Å²) in [5.41, 5.74) is 0.152. The highest BCUT2D eigenvalue weighted by molar-refractivity contribution is 7.99. The monoisotopic (exact) mass is 466 g/mol. The maximum Gasteiger partial charge on any atom is 0.408 e. The van der Waals surface area contributed by atoms with E-state index in [-0.39, 0.29) is 11.9 Å². The topological polar surface area (TPSA) is 103 Å². The third-order valence-electron chi connectivity index (χ3n) is 4.68. The molecule has 9 heteroatoms. The quantitative estimate of drug-likeness (QED) is 0.539. The van der Waals surface area contributed by atoms with Gasteiger partial charge in [-0.25, -0.2) is 9.59 Å². The number of thioether (sulfide) groups is 1. The summed E-state index contributed by atoms with van der Waals surface area (Å²) in [6.45, 7) is 5.94. The van der Waals surface area contributed by atoms with Gasteiger partial charge in [0.2, 0.25) is 5.91 Å². The summed E-state index contributed by atoms with van der Waals surface area (Å²) in [7, 11) is 1.28. The molecule has 1 aliphatic heterocycles. The Morgan fingerprint density at radius 1 is 1.12 bits per heavy atom. The Balaban J connectivity index is 2.07. The van der Waals surface area contributed by atoms with Crippen LogP contribution in [0.2, 0.25) is 0 Å². The lowest BCUT2D eigenvalue weighted by atomic mass is 10.1. The van der Waals surface area contributed by atoms with E-state index in [9.17, 15) is 14.4 Å². The van der Waals surface area contributed by atoms with Gasteiger partial charge in [-0.1, -0.05) is 30.3 Å². The van der Waals surface area contributed by atoms with Crippen molar-refractivity contribution in [1.82, 2.24) is 10.6 Å². The van der Waals surface area contributed by atoms with Crippen LogP contribution in [-0.4, -0.2) is 60.6 Å². The third kappa shape index (κ3) is 9.48. The fourth-order valence-corrected chi connectivity index (χ4v) is 4.29. The Bertz CT molecular complexity index is 747. The predicted octanol–water partition coefficient (Wildman–Crippen LogP) is 3.04. The lowest BCUT2D eigenvalue weighted by molar-refractivity contribution is -0.144. The van der Waals surface area contributed by atoms with Crippen molar-refractivity contribution in [3.8, 4) is 0 Å². The molecule has 0 aromatic heterocycles. The van der Waals surface area contributed by atoms with Gasteiger partial charge in [0.1, 0.15) is 23.1 Å². The van der Waals surface area contributed by atoms with Crippen LogP contribution >= 0.6 is 11.8 Å². The number of alkyl carbamates (subject to hydrolysis) is 1. The van der Waals surface area contributed by atoms with Crippen molar-refractivity contribution in [2.75, 3.05) is 19.5 Å². The Morgan fingerprint density at radius 2 is 1.84 bits per heavy atom. The molecule has 8 nitrogen and oxygen atoms in total. The SMILES string of the molecule is COC(=O)[C@H](CS[C@@H]1CCCCO1)NC(=O)[C@H](Cc1ccccc1)NC(=O)OC(C)(C)C. The smallest absolute Gasteiger partial charge is 0.408 e. The van der Waals surface area contributed by atoms with Crippen molar-refractivity contribution in [1.29, 1.82) is 0 Å². The zero-order valence-electron chi connectivity index (χ0n) is 19.2. The van der Waals surface area contributed by atoms with Gasteiger partial charge < -0.3 is 24.8 Å². The molecule has 0 saturated carbocycles. The van der Waals surface area contributed by atoms with Crippen LogP contribution in [0.1, 0.15) is 45.6 Å². The molecule has 1 fully saturated rings. The zero-order valence-corrected chi connectivity index (χ0v) is 20.0. The molecule has 0 radical (unpaired) electrons. The molecule has 2 amide bonds. The zero-order chi connectivity index (χ0) is 23.6. The lowest BCUT2D eigenvalue weighted by Gasteiger charge is -2.26. The van der Waals surface area contributed by atoms with Gasteiger partial charge in [0, 0.05) is 18.8 Å². The van der Waals surface area contributed by atoms with Crippen molar-refractivity contribution >= 4 is 29.7 Å². The number of rotatable bonds is 9. The summed E-state index contributed by atoms with van der Waals surface area (Å²) in [5, 5.41) is 5.37. The van der Waals surface area contributed by atoms with Crippen molar-refractivity contribution in [2.45, 2.75) is 69.6 Å². The minimum atomic E-state index is -0.921. The van der Waals surface area contributed by atoms with Gasteiger partial charge >= 0.3 is 12.1 Å². The number of methoxy groups -OCH3 is 1. The molecule has 32 heavy (non-hydrogen) atoms. The van der Waals surface area contributed by atoms with Crippen LogP contribution in [0.5, 0.6) is 0 Å². The van der Waals surface area contributed by atoms with E-state index in [2.05, 4.69) is 10.6 Å². The van der Waals surface area contributed by atoms with Crippen LogP contribution < -0.4 is 10.6 Å². The fraction of sp³-hybridized carbons (Fsp3) is 0.609. The Kier molecular flexibility index (Phi) is 10.3. The van der Waals surface area contributed by atoms with Gasteiger partial charge in [0.15, 0.2) is 0 Å². The van der Waals surface area contributed by atoms with E-state index < -0.39 is 35.7 Å². The van der Waals surface area contributed by atoms with E-state index in [1.54, 1.807) is 20.8 Å². The molecule has 0 spiro atoms. The van der Waals surface area contributed by atoms with Gasteiger partial charge in [-0.05, 0) is 45.6 Å². The second-order valence-corrected chi connectivity index (χ2v) is 9.79. The molecular weight excluding hydrogens is 432 g/mol. The van der Waals surface area contributed by atoms with Crippen molar-refractivity contribution in [3.05, 3.63) is 35.9 Å². The largest absolute Gasteiger partial charge is 0.467 e. The highest BCUT2D eigenvalue weighted by Crippen LogP contribution is 2.24. The van der Waals surface area contributed by atoms with E-state index >= 15 is 0 Å². The molecule has 1 aromatic carbocycles. The van der Waals surface area contributed by atoms with E-state index in [4.69, 9.17) is 14.2 Å². The second kappa shape index (κ2) is 12.7. The molecule has 1 aromatic rings. The van der Waals surface area contributed by atoms with E-state index in [1.165, 1.54) is 18.9 Å². The second-order valence-electron chi connectivity index (χ2n) is 8.60. The Morgan fingerprint density at radius 3 is 2.44 bits per heavy atom. The van der Waals surface area contributed by atoms with Crippen LogP contribution in [0.15, 0.2) is 30.3 Å². The molecule has 1 saturated heterocycles. The molecule has 3 atom stereocenters. The molecule has 2 N–H and O–H groups in total. The summed E-state index contributed by atoms with van der Waals surface area (Å²) in [5.74, 6) is -0.717. The minimum absolute atomic E-state index is 0.00666. The first-order valence-corrected chi connectivity index (χ1v) is 11.9. The molecular formula is C23H34N2O6S. The summed E-state index contributed by atoms with van der Waals surface area (Å²) in [6.07, 6.45) is 2.56. The van der Waals surface area contributed by atoms with Gasteiger partial charge in [-0.2, -0.15) is 0 Å². The fourth-order valence-electron chi connectivity index (χ4n) is 3.14. The summed E-state index contributed by atoms with van der Waals surface area (Å²) in [6, 6.07) is 7.54. The average molecular weight is 467 g/mol. The standard InChI is InChI=1S/C23H34N2O6S/c1-23(2,3)31-22(28)25-17(14-16-10-6-5-7-11-16)20(26)24-18(21(27)29-4)15-32-19-12-8-9-13-30-19/h5-7,10-11,17-19H,8-9,12-15H2,1-4H3,(H,24,26)(H,25,28)/t17-,18-,19+/m0/s1. The Hall–Kier alpha value is -2.26. The maximum absolute atomic E-state index is 13.1. The number of ether oxygens (including phenoxy) is 3. The maximum atomic E-state index is 13.1. The molecule has 0 aliphatic carbocycles. The lowest BCUT2D eigenvalue weighted by Crippen LogP contribution is -2.54. The number of hydrogen-bond donors (Lipinski definition) is 2. The predicted molar refractivity (Wildman–Crippen MR) is 123 cm³/mol. The third-order valence-corrected chi connectivity index (χ3v) is 5.95. The van der Waals surface area contributed by atoms with Gasteiger partial charge in [-0.3, -0.25) is 4.79 Å². The van der Waals surface area contributed by atoms with Crippen molar-refractivity contribution < 1.29 is 28.6 Å². The summed E-state index contributed by atoms with van der Waals surface area (Å²) >= 11 is 1.48. The first kappa shape index (κ1) is 26.0. The molecule has 1 heterocycles. The number of esters is 1. The normalized spacial score (nSPS) is 18.2. The van der Waals surface area contributed by atoms with Crippen LogP contribution in [0.3, 0.4) is 0 Å². The van der Waals surface area contributed by atoms with E-state index in [0.717, 1.165) is 24.8 Å². The van der Waals surface area contributed by atoms with Gasteiger partial charge in [0.25, 0.3) is 0 Å². The Labute approximate surface area is 194 Å². The van der Waals surface area contributed by atoms with Gasteiger partial charge in [-0.15, -0.1) is 11.8 Å². The average Bonchev–Trinajstić information content (AvgIpc) is 2.75. The van der Waals surface area contributed by atoms with Crippen LogP contribution in [0.25, 0.3) is 0 Å². The first-order valence-electron chi connectivity index (χ1n) is 10.8.